The van der Waals surface area contributed by atoms with Gasteiger partial charge in [-0.2, -0.15) is 5.10 Å². The first kappa shape index (κ1) is 16.8. The molecule has 0 aliphatic carbocycles. The number of phenolic OH excluding ortho intramolecular Hbond substituents is 1. The Morgan fingerprint density at radius 2 is 2.27 bits per heavy atom. The van der Waals surface area contributed by atoms with Crippen LogP contribution in [0.3, 0.4) is 0 Å². The summed E-state index contributed by atoms with van der Waals surface area (Å²) in [5.41, 5.74) is 2.86. The Morgan fingerprint density at radius 3 is 2.86 bits per heavy atom. The average molecular weight is 391 g/mol. The van der Waals surface area contributed by atoms with Gasteiger partial charge in [-0.15, -0.1) is 0 Å². The molecule has 1 aliphatic heterocycles. The highest BCUT2D eigenvalue weighted by atomic mass is 79.9. The summed E-state index contributed by atoms with van der Waals surface area (Å²) in [5.74, 6) is -0.834. The number of ether oxygens (including phenoxy) is 1. The van der Waals surface area contributed by atoms with E-state index in [0.29, 0.717) is 22.2 Å². The Morgan fingerprint density at radius 1 is 1.55 bits per heavy atom. The van der Waals surface area contributed by atoms with Gasteiger partial charge in [0.05, 0.1) is 30.7 Å². The quantitative estimate of drug-likeness (QED) is 0.590. The van der Waals surface area contributed by atoms with Crippen molar-refractivity contribution in [2.24, 2.45) is 11.0 Å². The molecule has 1 saturated heterocycles. The minimum atomic E-state index is -3.10. The first-order valence-corrected chi connectivity index (χ1v) is 9.03. The third-order valence-electron chi connectivity index (χ3n) is 3.28. The number of nitrogens with zero attached hydrogens (tertiary/aromatic N) is 1. The predicted octanol–water partition coefficient (Wildman–Crippen LogP) is 1.05. The van der Waals surface area contributed by atoms with Gasteiger partial charge in [0.1, 0.15) is 0 Å². The highest BCUT2D eigenvalue weighted by Crippen LogP contribution is 2.31. The van der Waals surface area contributed by atoms with Crippen LogP contribution >= 0.6 is 15.9 Å². The molecule has 22 heavy (non-hydrogen) atoms. The third kappa shape index (κ3) is 3.98. The van der Waals surface area contributed by atoms with E-state index in [0.717, 1.165) is 0 Å². The molecule has 1 aromatic rings. The number of aromatic hydroxyl groups is 1. The summed E-state index contributed by atoms with van der Waals surface area (Å²) >= 11 is 3.30. The van der Waals surface area contributed by atoms with Crippen molar-refractivity contribution in [3.05, 3.63) is 22.2 Å². The van der Waals surface area contributed by atoms with Crippen LogP contribution in [0.25, 0.3) is 0 Å². The summed E-state index contributed by atoms with van der Waals surface area (Å²) in [6.07, 6.45) is 1.67. The van der Waals surface area contributed by atoms with Crippen molar-refractivity contribution >= 4 is 37.9 Å². The van der Waals surface area contributed by atoms with Gasteiger partial charge in [-0.25, -0.2) is 13.8 Å². The first-order chi connectivity index (χ1) is 10.3. The van der Waals surface area contributed by atoms with E-state index >= 15 is 0 Å². The number of nitrogens with one attached hydrogen (secondary N) is 1. The number of amides is 1. The highest BCUT2D eigenvalue weighted by molar-refractivity contribution is 9.10. The van der Waals surface area contributed by atoms with Gasteiger partial charge < -0.3 is 9.84 Å². The zero-order valence-electron chi connectivity index (χ0n) is 11.7. The summed E-state index contributed by atoms with van der Waals surface area (Å²) in [4.78, 5) is 11.8. The third-order valence-corrected chi connectivity index (χ3v) is 5.73. The van der Waals surface area contributed by atoms with E-state index in [-0.39, 0.29) is 17.3 Å². The molecule has 1 aromatic carbocycles. The minimum absolute atomic E-state index is 0.0344. The maximum absolute atomic E-state index is 11.8. The van der Waals surface area contributed by atoms with Crippen LogP contribution in [-0.2, 0) is 14.6 Å². The maximum atomic E-state index is 11.8. The Labute approximate surface area is 136 Å². The number of sulfone groups is 1. The van der Waals surface area contributed by atoms with Crippen molar-refractivity contribution in [1.29, 1.82) is 0 Å². The van der Waals surface area contributed by atoms with Crippen molar-refractivity contribution in [3.8, 4) is 11.5 Å². The summed E-state index contributed by atoms with van der Waals surface area (Å²) in [6.45, 7) is 0. The van der Waals surface area contributed by atoms with Crippen molar-refractivity contribution in [2.45, 2.75) is 6.42 Å². The molecule has 1 aliphatic rings. The molecule has 0 unspecified atom stereocenters. The molecule has 0 bridgehead atoms. The van der Waals surface area contributed by atoms with Crippen LogP contribution in [0.4, 0.5) is 0 Å². The van der Waals surface area contributed by atoms with Crippen LogP contribution in [0, 0.1) is 5.92 Å². The maximum Gasteiger partial charge on any atom is 0.244 e. The highest BCUT2D eigenvalue weighted by Gasteiger charge is 2.32. The van der Waals surface area contributed by atoms with Gasteiger partial charge in [-0.3, -0.25) is 4.79 Å². The van der Waals surface area contributed by atoms with Crippen LogP contribution in [0.15, 0.2) is 21.7 Å². The fraction of sp³-hybridized carbons (Fsp3) is 0.385. The molecule has 1 fully saturated rings. The SMILES string of the molecule is COc1cc(Br)c(/C=N\NC(=O)[C@@H]2CCS(=O)(=O)C2)cc1O. The van der Waals surface area contributed by atoms with Crippen molar-refractivity contribution in [3.63, 3.8) is 0 Å². The zero-order valence-corrected chi connectivity index (χ0v) is 14.1. The topological polar surface area (TPSA) is 105 Å². The van der Waals surface area contributed by atoms with E-state index in [2.05, 4.69) is 26.5 Å². The van der Waals surface area contributed by atoms with E-state index in [4.69, 9.17) is 4.74 Å². The predicted molar refractivity (Wildman–Crippen MR) is 84.9 cm³/mol. The number of phenols is 1. The molecule has 2 N–H and O–H groups in total. The fourth-order valence-electron chi connectivity index (χ4n) is 2.08. The lowest BCUT2D eigenvalue weighted by Crippen LogP contribution is -2.27. The van der Waals surface area contributed by atoms with Gasteiger partial charge in [0.15, 0.2) is 21.3 Å². The molecule has 0 aromatic heterocycles. The van der Waals surface area contributed by atoms with Crippen molar-refractivity contribution in [1.82, 2.24) is 5.43 Å². The summed E-state index contributed by atoms with van der Waals surface area (Å²) in [5, 5.41) is 13.5. The smallest absolute Gasteiger partial charge is 0.244 e. The summed E-state index contributed by atoms with van der Waals surface area (Å²) in [7, 11) is -1.67. The lowest BCUT2D eigenvalue weighted by atomic mass is 10.1. The van der Waals surface area contributed by atoms with Crippen LogP contribution in [-0.4, -0.2) is 44.3 Å². The molecule has 0 saturated carbocycles. The minimum Gasteiger partial charge on any atom is -0.504 e. The second kappa shape index (κ2) is 6.66. The molecule has 2 rings (SSSR count). The van der Waals surface area contributed by atoms with E-state index < -0.39 is 21.7 Å². The Balaban J connectivity index is 2.01. The standard InChI is InChI=1S/C13H15BrN2O5S/c1-21-12-5-10(14)9(4-11(12)17)6-15-16-13(18)8-2-3-22(19,20)7-8/h4-6,8,17H,2-3,7H2,1H3,(H,16,18)/b15-6-/t8-/m1/s1. The van der Waals surface area contributed by atoms with Crippen LogP contribution in [0.1, 0.15) is 12.0 Å². The molecule has 7 nitrogen and oxygen atoms in total. The molecule has 1 heterocycles. The second-order valence-corrected chi connectivity index (χ2v) is 7.96. The fourth-order valence-corrected chi connectivity index (χ4v) is 4.25. The largest absolute Gasteiger partial charge is 0.504 e. The van der Waals surface area contributed by atoms with E-state index in [1.807, 2.05) is 0 Å². The Hall–Kier alpha value is -1.61. The van der Waals surface area contributed by atoms with Crippen molar-refractivity contribution < 1.29 is 23.1 Å². The van der Waals surface area contributed by atoms with E-state index in [1.165, 1.54) is 19.4 Å². The van der Waals surface area contributed by atoms with Crippen molar-refractivity contribution in [2.75, 3.05) is 18.6 Å². The number of rotatable bonds is 4. The molecule has 120 valence electrons. The summed E-state index contributed by atoms with van der Waals surface area (Å²) < 4.78 is 28.2. The number of hydrogen-bond donors (Lipinski definition) is 2. The van der Waals surface area contributed by atoms with Gasteiger partial charge in [-0.1, -0.05) is 0 Å². The number of hydrogen-bond acceptors (Lipinski definition) is 6. The molecule has 9 heteroatoms. The molecule has 0 spiro atoms. The Bertz CT molecular complexity index is 717. The number of benzene rings is 1. The number of carbonyl (C=O) groups excluding carboxylic acids is 1. The lowest BCUT2D eigenvalue weighted by Gasteiger charge is -2.07. The first-order valence-electron chi connectivity index (χ1n) is 6.42. The number of hydrazone groups is 1. The monoisotopic (exact) mass is 390 g/mol. The van der Waals surface area contributed by atoms with Gasteiger partial charge in [0, 0.05) is 10.0 Å². The normalized spacial score (nSPS) is 20.2. The second-order valence-electron chi connectivity index (χ2n) is 4.88. The summed E-state index contributed by atoms with van der Waals surface area (Å²) in [6, 6.07) is 3.00. The van der Waals surface area contributed by atoms with Crippen LogP contribution in [0.5, 0.6) is 11.5 Å². The molecule has 1 atom stereocenters. The van der Waals surface area contributed by atoms with Gasteiger partial charge >= 0.3 is 0 Å². The number of halogens is 1. The number of methoxy groups -OCH3 is 1. The van der Waals surface area contributed by atoms with E-state index in [9.17, 15) is 18.3 Å². The van der Waals surface area contributed by atoms with Gasteiger partial charge in [-0.05, 0) is 34.5 Å². The molecular weight excluding hydrogens is 376 g/mol. The zero-order chi connectivity index (χ0) is 16.3. The van der Waals surface area contributed by atoms with Gasteiger partial charge in [0.2, 0.25) is 5.91 Å². The molecule has 0 radical (unpaired) electrons. The Kier molecular flexibility index (Phi) is 5.07. The van der Waals surface area contributed by atoms with Crippen LogP contribution in [0.2, 0.25) is 0 Å². The average Bonchev–Trinajstić information content (AvgIpc) is 2.82. The van der Waals surface area contributed by atoms with E-state index in [1.54, 1.807) is 6.07 Å². The lowest BCUT2D eigenvalue weighted by molar-refractivity contribution is -0.124. The molecular formula is C13H15BrN2O5S. The molecule has 1 amide bonds. The van der Waals surface area contributed by atoms with Crippen LogP contribution < -0.4 is 10.2 Å². The van der Waals surface area contributed by atoms with Gasteiger partial charge in [0.25, 0.3) is 0 Å². The number of carbonyl (C=O) groups is 1.